The minimum absolute atomic E-state index is 0.0186. The van der Waals surface area contributed by atoms with Crippen LogP contribution in [0.4, 0.5) is 20.2 Å². The molecular weight excluding hydrogens is 190 g/mol. The molecule has 0 saturated carbocycles. The number of halogens is 2. The normalized spacial score (nSPS) is 10.2. The highest BCUT2D eigenvalue weighted by Gasteiger charge is 2.06. The van der Waals surface area contributed by atoms with Crippen LogP contribution < -0.4 is 11.1 Å². The molecule has 78 valence electrons. The number of rotatable bonds is 4. The molecule has 0 aromatic heterocycles. The van der Waals surface area contributed by atoms with Crippen molar-refractivity contribution in [2.75, 3.05) is 24.2 Å². The Morgan fingerprint density at radius 1 is 1.36 bits per heavy atom. The van der Waals surface area contributed by atoms with E-state index in [1.54, 1.807) is 0 Å². The molecule has 0 heterocycles. The molecule has 0 saturated heterocycles. The molecule has 0 fully saturated rings. The minimum Gasteiger partial charge on any atom is -0.396 e. The predicted octanol–water partition coefficient (Wildman–Crippen LogP) is 1.34. The van der Waals surface area contributed by atoms with E-state index in [-0.39, 0.29) is 18.0 Å². The number of anilines is 2. The molecule has 0 aliphatic heterocycles. The molecule has 0 radical (unpaired) electrons. The number of benzene rings is 1. The third-order valence-corrected chi connectivity index (χ3v) is 1.74. The summed E-state index contributed by atoms with van der Waals surface area (Å²) in [4.78, 5) is 0. The van der Waals surface area contributed by atoms with E-state index in [2.05, 4.69) is 5.32 Å². The topological polar surface area (TPSA) is 58.3 Å². The number of aliphatic hydroxyl groups is 1. The van der Waals surface area contributed by atoms with Crippen LogP contribution in [0.5, 0.6) is 0 Å². The van der Waals surface area contributed by atoms with Crippen molar-refractivity contribution in [2.45, 2.75) is 6.42 Å². The van der Waals surface area contributed by atoms with Gasteiger partial charge in [-0.2, -0.15) is 0 Å². The highest BCUT2D eigenvalue weighted by molar-refractivity contribution is 5.66. The lowest BCUT2D eigenvalue weighted by atomic mass is 10.2. The zero-order valence-electron chi connectivity index (χ0n) is 7.56. The van der Waals surface area contributed by atoms with Crippen molar-refractivity contribution in [1.82, 2.24) is 0 Å². The Morgan fingerprint density at radius 2 is 2.07 bits per heavy atom. The zero-order chi connectivity index (χ0) is 10.6. The van der Waals surface area contributed by atoms with Crippen LogP contribution in [0.15, 0.2) is 12.1 Å². The van der Waals surface area contributed by atoms with Crippen LogP contribution in [0.25, 0.3) is 0 Å². The molecule has 0 bridgehead atoms. The Kier molecular flexibility index (Phi) is 3.64. The lowest BCUT2D eigenvalue weighted by molar-refractivity contribution is 0.292. The number of hydrogen-bond donors (Lipinski definition) is 3. The van der Waals surface area contributed by atoms with E-state index >= 15 is 0 Å². The first-order chi connectivity index (χ1) is 6.65. The maximum Gasteiger partial charge on any atom is 0.151 e. The first-order valence-electron chi connectivity index (χ1n) is 4.24. The number of nitrogens with one attached hydrogen (secondary N) is 1. The van der Waals surface area contributed by atoms with E-state index in [1.807, 2.05) is 0 Å². The molecule has 5 heteroatoms. The van der Waals surface area contributed by atoms with Crippen molar-refractivity contribution in [1.29, 1.82) is 0 Å². The maximum absolute atomic E-state index is 12.9. The molecule has 0 aliphatic carbocycles. The van der Waals surface area contributed by atoms with Crippen LogP contribution in [-0.4, -0.2) is 18.3 Å². The van der Waals surface area contributed by atoms with E-state index in [9.17, 15) is 8.78 Å². The molecule has 0 amide bonds. The summed E-state index contributed by atoms with van der Waals surface area (Å²) >= 11 is 0. The molecule has 1 aromatic carbocycles. The Labute approximate surface area is 80.5 Å². The predicted molar refractivity (Wildman–Crippen MR) is 51.0 cm³/mol. The van der Waals surface area contributed by atoms with Crippen LogP contribution in [0.1, 0.15) is 6.42 Å². The van der Waals surface area contributed by atoms with E-state index in [0.717, 1.165) is 12.1 Å². The molecule has 1 aromatic rings. The van der Waals surface area contributed by atoms with Crippen LogP contribution in [-0.2, 0) is 0 Å². The van der Waals surface area contributed by atoms with Gasteiger partial charge in [0.15, 0.2) is 5.82 Å². The minimum atomic E-state index is -0.781. The quantitative estimate of drug-likeness (QED) is 0.510. The summed E-state index contributed by atoms with van der Waals surface area (Å²) < 4.78 is 25.6. The van der Waals surface area contributed by atoms with Gasteiger partial charge in [0.2, 0.25) is 0 Å². The number of nitrogens with two attached hydrogens (primary N) is 1. The second kappa shape index (κ2) is 4.76. The zero-order valence-corrected chi connectivity index (χ0v) is 7.56. The van der Waals surface area contributed by atoms with Crippen molar-refractivity contribution >= 4 is 11.4 Å². The van der Waals surface area contributed by atoms with Crippen LogP contribution in [0.3, 0.4) is 0 Å². The Balaban J connectivity index is 2.75. The highest BCUT2D eigenvalue weighted by Crippen LogP contribution is 2.22. The molecule has 4 N–H and O–H groups in total. The van der Waals surface area contributed by atoms with Crippen molar-refractivity contribution in [2.24, 2.45) is 0 Å². The Bertz CT molecular complexity index is 318. The number of nitrogen functional groups attached to an aromatic ring is 1. The first kappa shape index (κ1) is 10.7. The van der Waals surface area contributed by atoms with Gasteiger partial charge in [0.1, 0.15) is 5.82 Å². The molecule has 3 nitrogen and oxygen atoms in total. The second-order valence-corrected chi connectivity index (χ2v) is 2.85. The summed E-state index contributed by atoms with van der Waals surface area (Å²) in [6, 6.07) is 1.85. The molecule has 0 unspecified atom stereocenters. The van der Waals surface area contributed by atoms with Crippen LogP contribution in [0, 0.1) is 11.6 Å². The van der Waals surface area contributed by atoms with Gasteiger partial charge >= 0.3 is 0 Å². The summed E-state index contributed by atoms with van der Waals surface area (Å²) in [6.45, 7) is 0.439. The van der Waals surface area contributed by atoms with Gasteiger partial charge in [0.05, 0.1) is 11.4 Å². The average Bonchev–Trinajstić information content (AvgIpc) is 2.13. The smallest absolute Gasteiger partial charge is 0.151 e. The lowest BCUT2D eigenvalue weighted by Crippen LogP contribution is -2.07. The molecule has 0 aliphatic rings. The van der Waals surface area contributed by atoms with Gasteiger partial charge in [-0.3, -0.25) is 0 Å². The second-order valence-electron chi connectivity index (χ2n) is 2.85. The molecule has 14 heavy (non-hydrogen) atoms. The van der Waals surface area contributed by atoms with Crippen LogP contribution in [0.2, 0.25) is 0 Å². The number of aliphatic hydroxyl groups excluding tert-OH is 1. The van der Waals surface area contributed by atoms with E-state index in [4.69, 9.17) is 10.8 Å². The van der Waals surface area contributed by atoms with Gasteiger partial charge in [-0.15, -0.1) is 0 Å². The molecule has 0 atom stereocenters. The largest absolute Gasteiger partial charge is 0.396 e. The average molecular weight is 202 g/mol. The van der Waals surface area contributed by atoms with E-state index in [1.165, 1.54) is 0 Å². The summed E-state index contributed by atoms with van der Waals surface area (Å²) in [5, 5.41) is 11.2. The van der Waals surface area contributed by atoms with Gasteiger partial charge in [-0.1, -0.05) is 0 Å². The van der Waals surface area contributed by atoms with Crippen molar-refractivity contribution in [3.05, 3.63) is 23.8 Å². The third-order valence-electron chi connectivity index (χ3n) is 1.74. The van der Waals surface area contributed by atoms with Gasteiger partial charge in [0, 0.05) is 19.2 Å². The Morgan fingerprint density at radius 3 is 2.71 bits per heavy atom. The van der Waals surface area contributed by atoms with E-state index in [0.29, 0.717) is 13.0 Å². The monoisotopic (exact) mass is 202 g/mol. The fourth-order valence-corrected chi connectivity index (χ4v) is 1.03. The van der Waals surface area contributed by atoms with Crippen LogP contribution >= 0.6 is 0 Å². The van der Waals surface area contributed by atoms with Gasteiger partial charge in [0.25, 0.3) is 0 Å². The van der Waals surface area contributed by atoms with Gasteiger partial charge < -0.3 is 16.2 Å². The lowest BCUT2D eigenvalue weighted by Gasteiger charge is -2.09. The fourth-order valence-electron chi connectivity index (χ4n) is 1.03. The molecule has 1 rings (SSSR count). The van der Waals surface area contributed by atoms with Gasteiger partial charge in [-0.25, -0.2) is 8.78 Å². The van der Waals surface area contributed by atoms with Crippen molar-refractivity contribution < 1.29 is 13.9 Å². The molecular formula is C9H12F2N2O. The summed E-state index contributed by atoms with van der Waals surface area (Å²) in [7, 11) is 0. The van der Waals surface area contributed by atoms with Crippen molar-refractivity contribution in [3.8, 4) is 0 Å². The van der Waals surface area contributed by atoms with Crippen molar-refractivity contribution in [3.63, 3.8) is 0 Å². The first-order valence-corrected chi connectivity index (χ1v) is 4.24. The standard InChI is InChI=1S/C9H12F2N2O/c10-6-4-7(11)9(12)8(5-6)13-2-1-3-14/h4-5,13-14H,1-3,12H2. The van der Waals surface area contributed by atoms with E-state index < -0.39 is 11.6 Å². The number of hydrogen-bond acceptors (Lipinski definition) is 3. The maximum atomic E-state index is 12.9. The Hall–Kier alpha value is -1.36. The SMILES string of the molecule is Nc1c(F)cc(F)cc1NCCCO. The highest BCUT2D eigenvalue weighted by atomic mass is 19.1. The molecule has 0 spiro atoms. The fraction of sp³-hybridized carbons (Fsp3) is 0.333. The summed E-state index contributed by atoms with van der Waals surface area (Å²) in [5.41, 5.74) is 5.48. The summed E-state index contributed by atoms with van der Waals surface area (Å²) in [6.07, 6.45) is 0.498. The van der Waals surface area contributed by atoms with Gasteiger partial charge in [-0.05, 0) is 12.5 Å². The third kappa shape index (κ3) is 2.56. The summed E-state index contributed by atoms with van der Waals surface area (Å²) in [5.74, 6) is -1.46.